The van der Waals surface area contributed by atoms with Crippen LogP contribution in [0, 0.1) is 23.0 Å². The summed E-state index contributed by atoms with van der Waals surface area (Å²) in [5.41, 5.74) is 6.01. The lowest BCUT2D eigenvalue weighted by atomic mass is 9.94. The zero-order valence-electron chi connectivity index (χ0n) is 13.1. The Balaban J connectivity index is 0.00000264. The van der Waals surface area contributed by atoms with E-state index in [9.17, 15) is 18.5 Å². The minimum atomic E-state index is -3.78. The number of nitro groups is 1. The van der Waals surface area contributed by atoms with Gasteiger partial charge in [0.15, 0.2) is 0 Å². The Morgan fingerprint density at radius 1 is 1.43 bits per heavy atom. The monoisotopic (exact) mass is 363 g/mol. The summed E-state index contributed by atoms with van der Waals surface area (Å²) in [7, 11) is -3.78. The van der Waals surface area contributed by atoms with E-state index in [1.165, 1.54) is 16.4 Å². The molecule has 1 fully saturated rings. The van der Waals surface area contributed by atoms with Crippen LogP contribution in [0.15, 0.2) is 23.1 Å². The largest absolute Gasteiger partial charge is 0.329 e. The highest BCUT2D eigenvalue weighted by Gasteiger charge is 2.36. The third-order valence-corrected chi connectivity index (χ3v) is 6.26. The molecule has 1 aliphatic heterocycles. The van der Waals surface area contributed by atoms with Crippen molar-refractivity contribution in [3.05, 3.63) is 33.9 Å². The van der Waals surface area contributed by atoms with E-state index in [2.05, 4.69) is 6.92 Å². The second-order valence-electron chi connectivity index (χ2n) is 5.84. The first-order valence-corrected chi connectivity index (χ1v) is 8.68. The number of nitro benzene ring substituents is 1. The molecule has 0 amide bonds. The Morgan fingerprint density at radius 3 is 2.65 bits per heavy atom. The minimum Gasteiger partial charge on any atom is -0.329 e. The Bertz CT molecular complexity index is 681. The lowest BCUT2D eigenvalue weighted by Crippen LogP contribution is -2.49. The molecule has 1 aliphatic rings. The number of sulfonamides is 1. The molecule has 0 spiro atoms. The molecule has 7 nitrogen and oxygen atoms in total. The van der Waals surface area contributed by atoms with E-state index in [1.54, 1.807) is 6.92 Å². The molecule has 23 heavy (non-hydrogen) atoms. The number of nitrogens with two attached hydrogens (primary N) is 1. The van der Waals surface area contributed by atoms with Gasteiger partial charge in [0, 0.05) is 31.3 Å². The predicted molar refractivity (Wildman–Crippen MR) is 90.2 cm³/mol. The van der Waals surface area contributed by atoms with Gasteiger partial charge in [0.1, 0.15) is 0 Å². The summed E-state index contributed by atoms with van der Waals surface area (Å²) in [5, 5.41) is 10.9. The average molecular weight is 364 g/mol. The van der Waals surface area contributed by atoms with Gasteiger partial charge in [-0.05, 0) is 31.2 Å². The molecule has 0 radical (unpaired) electrons. The highest BCUT2D eigenvalue weighted by atomic mass is 35.5. The van der Waals surface area contributed by atoms with E-state index in [4.69, 9.17) is 5.73 Å². The van der Waals surface area contributed by atoms with E-state index in [1.807, 2.05) is 0 Å². The van der Waals surface area contributed by atoms with Crippen LogP contribution in [0.4, 0.5) is 5.69 Å². The molecule has 1 aromatic rings. The van der Waals surface area contributed by atoms with Crippen LogP contribution in [-0.2, 0) is 10.0 Å². The van der Waals surface area contributed by atoms with Crippen LogP contribution in [0.3, 0.4) is 0 Å². The molecule has 2 unspecified atom stereocenters. The lowest BCUT2D eigenvalue weighted by Gasteiger charge is -2.37. The Morgan fingerprint density at radius 2 is 2.09 bits per heavy atom. The second kappa shape index (κ2) is 7.57. The van der Waals surface area contributed by atoms with Crippen LogP contribution in [0.5, 0.6) is 0 Å². The molecule has 0 aromatic heterocycles. The lowest BCUT2D eigenvalue weighted by molar-refractivity contribution is -0.385. The number of benzene rings is 1. The molecule has 2 N–H and O–H groups in total. The summed E-state index contributed by atoms with van der Waals surface area (Å²) in [6, 6.07) is 3.66. The van der Waals surface area contributed by atoms with Gasteiger partial charge < -0.3 is 5.73 Å². The van der Waals surface area contributed by atoms with Gasteiger partial charge in [-0.25, -0.2) is 8.42 Å². The smallest absolute Gasteiger partial charge is 0.270 e. The number of hydrogen-bond donors (Lipinski definition) is 1. The first kappa shape index (κ1) is 19.8. The number of aryl methyl sites for hydroxylation is 1. The molecule has 1 aromatic carbocycles. The first-order chi connectivity index (χ1) is 10.3. The zero-order valence-corrected chi connectivity index (χ0v) is 14.8. The minimum absolute atomic E-state index is 0. The highest BCUT2D eigenvalue weighted by molar-refractivity contribution is 7.89. The van der Waals surface area contributed by atoms with Crippen LogP contribution in [0.25, 0.3) is 0 Å². The van der Waals surface area contributed by atoms with Crippen molar-refractivity contribution in [2.24, 2.45) is 11.7 Å². The van der Waals surface area contributed by atoms with Crippen molar-refractivity contribution < 1.29 is 13.3 Å². The van der Waals surface area contributed by atoms with Crippen molar-refractivity contribution >= 4 is 28.1 Å². The van der Waals surface area contributed by atoms with Gasteiger partial charge in [-0.15, -0.1) is 12.4 Å². The number of halogens is 1. The topological polar surface area (TPSA) is 107 Å². The summed E-state index contributed by atoms with van der Waals surface area (Å²) in [6.07, 6.45) is 1.48. The summed E-state index contributed by atoms with van der Waals surface area (Å²) >= 11 is 0. The van der Waals surface area contributed by atoms with Crippen molar-refractivity contribution in [3.63, 3.8) is 0 Å². The summed E-state index contributed by atoms with van der Waals surface area (Å²) < 4.78 is 27.2. The number of hydrogen-bond acceptors (Lipinski definition) is 5. The van der Waals surface area contributed by atoms with Crippen LogP contribution < -0.4 is 5.73 Å². The fourth-order valence-corrected chi connectivity index (χ4v) is 4.77. The molecule has 1 saturated heterocycles. The van der Waals surface area contributed by atoms with Crippen LogP contribution in [0.2, 0.25) is 0 Å². The molecule has 0 aliphatic carbocycles. The van der Waals surface area contributed by atoms with Crippen molar-refractivity contribution in [1.82, 2.24) is 4.31 Å². The maximum atomic E-state index is 12.9. The van der Waals surface area contributed by atoms with E-state index in [-0.39, 0.29) is 35.6 Å². The van der Waals surface area contributed by atoms with Gasteiger partial charge in [0.25, 0.3) is 5.69 Å². The Kier molecular flexibility index (Phi) is 6.52. The van der Waals surface area contributed by atoms with Crippen molar-refractivity contribution in [2.75, 3.05) is 13.1 Å². The SMILES string of the molecule is Cc1ccc([N+](=O)[O-])cc1S(=O)(=O)N1CCC(C)CC1CN.Cl. The number of non-ortho nitro benzene ring substituents is 1. The van der Waals surface area contributed by atoms with Gasteiger partial charge in [-0.2, -0.15) is 4.31 Å². The van der Waals surface area contributed by atoms with Crippen LogP contribution >= 0.6 is 12.4 Å². The van der Waals surface area contributed by atoms with Gasteiger partial charge in [-0.3, -0.25) is 10.1 Å². The number of rotatable bonds is 4. The molecule has 130 valence electrons. The van der Waals surface area contributed by atoms with Gasteiger partial charge in [0.05, 0.1) is 9.82 Å². The molecule has 1 heterocycles. The summed E-state index contributed by atoms with van der Waals surface area (Å²) in [4.78, 5) is 10.3. The molecule has 9 heteroatoms. The van der Waals surface area contributed by atoms with Crippen molar-refractivity contribution in [1.29, 1.82) is 0 Å². The second-order valence-corrected chi connectivity index (χ2v) is 7.70. The van der Waals surface area contributed by atoms with E-state index < -0.39 is 14.9 Å². The molecular weight excluding hydrogens is 342 g/mol. The number of nitrogens with zero attached hydrogens (tertiary/aromatic N) is 2. The Hall–Kier alpha value is -1.22. The van der Waals surface area contributed by atoms with E-state index in [0.717, 1.165) is 12.5 Å². The maximum Gasteiger partial charge on any atom is 0.270 e. The van der Waals surface area contributed by atoms with Crippen molar-refractivity contribution in [3.8, 4) is 0 Å². The quantitative estimate of drug-likeness (QED) is 0.651. The highest BCUT2D eigenvalue weighted by Crippen LogP contribution is 2.30. The van der Waals surface area contributed by atoms with Crippen molar-refractivity contribution in [2.45, 2.75) is 37.6 Å². The van der Waals surface area contributed by atoms with Gasteiger partial charge >= 0.3 is 0 Å². The first-order valence-electron chi connectivity index (χ1n) is 7.24. The van der Waals surface area contributed by atoms with Crippen LogP contribution in [-0.4, -0.2) is 36.8 Å². The molecule has 0 bridgehead atoms. The van der Waals surface area contributed by atoms with Crippen LogP contribution in [0.1, 0.15) is 25.3 Å². The fraction of sp³-hybridized carbons (Fsp3) is 0.571. The van der Waals surface area contributed by atoms with E-state index in [0.29, 0.717) is 24.4 Å². The summed E-state index contributed by atoms with van der Waals surface area (Å²) in [6.45, 7) is 4.36. The predicted octanol–water partition coefficient (Wildman–Crippen LogP) is 2.07. The summed E-state index contributed by atoms with van der Waals surface area (Å²) in [5.74, 6) is 0.422. The fourth-order valence-electron chi connectivity index (χ4n) is 2.87. The van der Waals surface area contributed by atoms with Gasteiger partial charge in [-0.1, -0.05) is 13.0 Å². The third kappa shape index (κ3) is 4.00. The normalized spacial score (nSPS) is 22.4. The van der Waals surface area contributed by atoms with E-state index >= 15 is 0 Å². The Labute approximate surface area is 142 Å². The molecule has 2 rings (SSSR count). The number of piperidine rings is 1. The average Bonchev–Trinajstić information content (AvgIpc) is 2.46. The molecule has 0 saturated carbocycles. The van der Waals surface area contributed by atoms with Gasteiger partial charge in [0.2, 0.25) is 10.0 Å². The zero-order chi connectivity index (χ0) is 16.5. The maximum absolute atomic E-state index is 12.9. The molecular formula is C14H22ClN3O4S. The standard InChI is InChI=1S/C14H21N3O4S.ClH/c1-10-5-6-16(13(7-10)9-15)22(20,21)14-8-12(17(18)19)4-3-11(14)2;/h3-4,8,10,13H,5-7,9,15H2,1-2H3;1H. The molecule has 2 atom stereocenters. The third-order valence-electron chi connectivity index (χ3n) is 4.17.